The summed E-state index contributed by atoms with van der Waals surface area (Å²) in [5.41, 5.74) is 0.602. The van der Waals surface area contributed by atoms with Crippen LogP contribution in [0.1, 0.15) is 46.9 Å². The lowest BCUT2D eigenvalue weighted by Crippen LogP contribution is -2.11. The predicted octanol–water partition coefficient (Wildman–Crippen LogP) is 4.91. The van der Waals surface area contributed by atoms with Crippen LogP contribution in [0, 0.1) is 0 Å². The molecule has 0 fully saturated rings. The fraction of sp³-hybridized carbons (Fsp3) is 0.263. The van der Waals surface area contributed by atoms with Crippen molar-refractivity contribution in [1.82, 2.24) is 0 Å². The first-order valence-electron chi connectivity index (χ1n) is 7.85. The van der Waals surface area contributed by atoms with Gasteiger partial charge in [-0.15, -0.1) is 0 Å². The van der Waals surface area contributed by atoms with Gasteiger partial charge in [-0.05, 0) is 42.8 Å². The van der Waals surface area contributed by atoms with Gasteiger partial charge in [0.2, 0.25) is 0 Å². The highest BCUT2D eigenvalue weighted by molar-refractivity contribution is 6.30. The molecule has 0 N–H and O–H groups in total. The van der Waals surface area contributed by atoms with E-state index in [2.05, 4.69) is 6.92 Å². The third kappa shape index (κ3) is 5.39. The van der Waals surface area contributed by atoms with E-state index in [1.165, 1.54) is 6.07 Å². The predicted molar refractivity (Wildman–Crippen MR) is 92.7 cm³/mol. The number of rotatable bonds is 7. The van der Waals surface area contributed by atoms with E-state index in [-0.39, 0.29) is 5.56 Å². The van der Waals surface area contributed by atoms with Crippen molar-refractivity contribution >= 4 is 23.5 Å². The molecule has 2 rings (SSSR count). The largest absolute Gasteiger partial charge is 0.462 e. The summed E-state index contributed by atoms with van der Waals surface area (Å²) in [5, 5.41) is 0.477. The summed E-state index contributed by atoms with van der Waals surface area (Å²) in [6.07, 6.45) is 2.90. The van der Waals surface area contributed by atoms with Gasteiger partial charge in [-0.25, -0.2) is 9.59 Å². The molecule has 0 unspecified atom stereocenters. The second-order valence-electron chi connectivity index (χ2n) is 5.27. The van der Waals surface area contributed by atoms with Crippen LogP contribution in [0.15, 0.2) is 48.5 Å². The summed E-state index contributed by atoms with van der Waals surface area (Å²) >= 11 is 5.86. The molecule has 126 valence electrons. The van der Waals surface area contributed by atoms with Crippen molar-refractivity contribution in [3.05, 3.63) is 64.7 Å². The standard InChI is InChI=1S/C19H19ClO4/c1-2-3-4-11-23-18(21)14-7-5-8-15(12-14)19(22)24-17-10-6-9-16(20)13-17/h5-10,12-13H,2-4,11H2,1H3. The summed E-state index contributed by atoms with van der Waals surface area (Å²) < 4.78 is 10.4. The van der Waals surface area contributed by atoms with Crippen LogP contribution >= 0.6 is 11.6 Å². The van der Waals surface area contributed by atoms with Crippen molar-refractivity contribution in [2.75, 3.05) is 6.61 Å². The first-order chi connectivity index (χ1) is 11.6. The molecule has 0 aliphatic heterocycles. The SMILES string of the molecule is CCCCCOC(=O)c1cccc(C(=O)Oc2cccc(Cl)c2)c1. The quantitative estimate of drug-likeness (QED) is 0.406. The minimum atomic E-state index is -0.558. The highest BCUT2D eigenvalue weighted by Gasteiger charge is 2.13. The van der Waals surface area contributed by atoms with E-state index < -0.39 is 11.9 Å². The molecule has 5 heteroatoms. The normalized spacial score (nSPS) is 10.2. The van der Waals surface area contributed by atoms with Crippen molar-refractivity contribution in [1.29, 1.82) is 0 Å². The van der Waals surface area contributed by atoms with Crippen molar-refractivity contribution in [3.63, 3.8) is 0 Å². The number of ether oxygens (including phenoxy) is 2. The molecule has 4 nitrogen and oxygen atoms in total. The number of carbonyl (C=O) groups is 2. The van der Waals surface area contributed by atoms with E-state index in [1.807, 2.05) is 0 Å². The Hall–Kier alpha value is -2.33. The smallest absolute Gasteiger partial charge is 0.343 e. The summed E-state index contributed by atoms with van der Waals surface area (Å²) in [5.74, 6) is -0.651. The summed E-state index contributed by atoms with van der Waals surface area (Å²) in [7, 11) is 0. The zero-order chi connectivity index (χ0) is 17.4. The zero-order valence-electron chi connectivity index (χ0n) is 13.5. The molecular formula is C19H19ClO4. The van der Waals surface area contributed by atoms with Gasteiger partial charge in [-0.3, -0.25) is 0 Å². The molecule has 0 spiro atoms. The maximum Gasteiger partial charge on any atom is 0.343 e. The third-order valence-corrected chi connectivity index (χ3v) is 3.56. The van der Waals surface area contributed by atoms with E-state index in [0.29, 0.717) is 22.9 Å². The molecule has 2 aromatic carbocycles. The third-order valence-electron chi connectivity index (χ3n) is 3.32. The number of benzene rings is 2. The molecule has 0 heterocycles. The molecule has 0 bridgehead atoms. The fourth-order valence-electron chi connectivity index (χ4n) is 2.07. The molecule has 24 heavy (non-hydrogen) atoms. The van der Waals surface area contributed by atoms with Crippen LogP contribution in [0.2, 0.25) is 5.02 Å². The van der Waals surface area contributed by atoms with Crippen LogP contribution in [0.3, 0.4) is 0 Å². The maximum atomic E-state index is 12.2. The summed E-state index contributed by atoms with van der Waals surface area (Å²) in [6, 6.07) is 12.8. The highest BCUT2D eigenvalue weighted by atomic mass is 35.5. The van der Waals surface area contributed by atoms with Gasteiger partial charge in [-0.1, -0.05) is 43.5 Å². The maximum absolute atomic E-state index is 12.2. The Kier molecular flexibility index (Phi) is 6.82. The van der Waals surface area contributed by atoms with Crippen molar-refractivity contribution < 1.29 is 19.1 Å². The second-order valence-corrected chi connectivity index (χ2v) is 5.71. The number of esters is 2. The monoisotopic (exact) mass is 346 g/mol. The number of hydrogen-bond donors (Lipinski definition) is 0. The van der Waals surface area contributed by atoms with Crippen molar-refractivity contribution in [2.24, 2.45) is 0 Å². The van der Waals surface area contributed by atoms with E-state index in [4.69, 9.17) is 21.1 Å². The molecule has 0 radical (unpaired) electrons. The number of halogens is 1. The summed E-state index contributed by atoms with van der Waals surface area (Å²) in [6.45, 7) is 2.46. The van der Waals surface area contributed by atoms with Gasteiger partial charge in [-0.2, -0.15) is 0 Å². The molecule has 0 amide bonds. The van der Waals surface area contributed by atoms with Crippen LogP contribution in [0.4, 0.5) is 0 Å². The minimum absolute atomic E-state index is 0.276. The van der Waals surface area contributed by atoms with E-state index in [9.17, 15) is 9.59 Å². The van der Waals surface area contributed by atoms with Gasteiger partial charge in [0, 0.05) is 5.02 Å². The fourth-order valence-corrected chi connectivity index (χ4v) is 2.25. The van der Waals surface area contributed by atoms with Crippen LogP contribution in [-0.4, -0.2) is 18.5 Å². The highest BCUT2D eigenvalue weighted by Crippen LogP contribution is 2.19. The number of carbonyl (C=O) groups excluding carboxylic acids is 2. The van der Waals surface area contributed by atoms with Crippen LogP contribution in [-0.2, 0) is 4.74 Å². The molecule has 0 saturated heterocycles. The van der Waals surface area contributed by atoms with Gasteiger partial charge in [0.1, 0.15) is 5.75 Å². The van der Waals surface area contributed by atoms with Crippen LogP contribution in [0.25, 0.3) is 0 Å². The topological polar surface area (TPSA) is 52.6 Å². The molecule has 0 aliphatic rings. The molecule has 0 aromatic heterocycles. The summed E-state index contributed by atoms with van der Waals surface area (Å²) in [4.78, 5) is 24.2. The lowest BCUT2D eigenvalue weighted by Gasteiger charge is -2.07. The first-order valence-corrected chi connectivity index (χ1v) is 8.23. The van der Waals surface area contributed by atoms with Gasteiger partial charge in [0.25, 0.3) is 0 Å². The lowest BCUT2D eigenvalue weighted by atomic mass is 10.1. The average molecular weight is 347 g/mol. The Labute approximate surface area is 146 Å². The first kappa shape index (κ1) is 18.0. The van der Waals surface area contributed by atoms with E-state index in [1.54, 1.807) is 42.5 Å². The number of unbranched alkanes of at least 4 members (excludes halogenated alkanes) is 2. The minimum Gasteiger partial charge on any atom is -0.462 e. The molecule has 2 aromatic rings. The van der Waals surface area contributed by atoms with Crippen molar-refractivity contribution in [2.45, 2.75) is 26.2 Å². The Morgan fingerprint density at radius 1 is 0.958 bits per heavy atom. The molecule has 0 atom stereocenters. The Bertz CT molecular complexity index is 712. The Balaban J connectivity index is 2.01. The van der Waals surface area contributed by atoms with Gasteiger partial charge < -0.3 is 9.47 Å². The van der Waals surface area contributed by atoms with E-state index in [0.717, 1.165) is 19.3 Å². The van der Waals surface area contributed by atoms with E-state index >= 15 is 0 Å². The lowest BCUT2D eigenvalue weighted by molar-refractivity contribution is 0.0498. The van der Waals surface area contributed by atoms with Crippen LogP contribution < -0.4 is 4.74 Å². The Morgan fingerprint density at radius 2 is 1.67 bits per heavy atom. The van der Waals surface area contributed by atoms with Crippen molar-refractivity contribution in [3.8, 4) is 5.75 Å². The average Bonchev–Trinajstić information content (AvgIpc) is 2.58. The zero-order valence-corrected chi connectivity index (χ0v) is 14.2. The van der Waals surface area contributed by atoms with Gasteiger partial charge in [0.15, 0.2) is 0 Å². The Morgan fingerprint density at radius 3 is 2.38 bits per heavy atom. The van der Waals surface area contributed by atoms with Gasteiger partial charge >= 0.3 is 11.9 Å². The van der Waals surface area contributed by atoms with Gasteiger partial charge in [0.05, 0.1) is 17.7 Å². The molecule has 0 saturated carbocycles. The number of hydrogen-bond acceptors (Lipinski definition) is 4. The second kappa shape index (κ2) is 9.08. The molecule has 0 aliphatic carbocycles. The molecular weight excluding hydrogens is 328 g/mol. The van der Waals surface area contributed by atoms with Crippen LogP contribution in [0.5, 0.6) is 5.75 Å².